The predicted molar refractivity (Wildman–Crippen MR) is 116 cm³/mol. The second-order valence-corrected chi connectivity index (χ2v) is 9.50. The second kappa shape index (κ2) is 7.36. The summed E-state index contributed by atoms with van der Waals surface area (Å²) in [5, 5.41) is 6.64. The fraction of sp³-hybridized carbons (Fsp3) is 0.316. The Morgan fingerprint density at radius 2 is 1.76 bits per heavy atom. The van der Waals surface area contributed by atoms with Crippen molar-refractivity contribution in [1.29, 1.82) is 0 Å². The van der Waals surface area contributed by atoms with Crippen molar-refractivity contribution in [2.24, 2.45) is 10.9 Å². The fourth-order valence-corrected chi connectivity index (χ4v) is 4.57. The van der Waals surface area contributed by atoms with Crippen LogP contribution in [0.1, 0.15) is 30.6 Å². The van der Waals surface area contributed by atoms with E-state index in [0.717, 1.165) is 0 Å². The number of sulfonamides is 1. The highest BCUT2D eigenvalue weighted by molar-refractivity contribution is 7.89. The summed E-state index contributed by atoms with van der Waals surface area (Å²) in [6.45, 7) is 3.74. The first-order valence-electron chi connectivity index (χ1n) is 8.93. The highest BCUT2D eigenvalue weighted by Crippen LogP contribution is 2.37. The van der Waals surface area contributed by atoms with Crippen LogP contribution in [0.2, 0.25) is 0 Å². The molecule has 8 nitrogen and oxygen atoms in total. The minimum Gasteiger partial charge on any atom is -0.366 e. The number of fused-ring (bicyclic) bond motifs is 1. The average molecular weight is 435 g/mol. The van der Waals surface area contributed by atoms with Gasteiger partial charge in [0.1, 0.15) is 5.54 Å². The molecule has 0 aromatic heterocycles. The normalized spacial score (nSPS) is 16.7. The van der Waals surface area contributed by atoms with Crippen molar-refractivity contribution in [1.82, 2.24) is 4.90 Å². The maximum atomic E-state index is 13.2. The van der Waals surface area contributed by atoms with E-state index < -0.39 is 21.5 Å². The van der Waals surface area contributed by atoms with Gasteiger partial charge in [0.15, 0.2) is 5.11 Å². The molecule has 0 atom stereocenters. The van der Waals surface area contributed by atoms with Crippen molar-refractivity contribution in [3.05, 3.63) is 42.0 Å². The van der Waals surface area contributed by atoms with Crippen LogP contribution in [0, 0.1) is 0 Å². The Bertz CT molecular complexity index is 1130. The van der Waals surface area contributed by atoms with Gasteiger partial charge in [0.05, 0.1) is 11.4 Å². The number of anilines is 1. The lowest BCUT2D eigenvalue weighted by Crippen LogP contribution is -2.45. The van der Waals surface area contributed by atoms with Gasteiger partial charge in [-0.1, -0.05) is 24.3 Å². The molecule has 0 aliphatic carbocycles. The Morgan fingerprint density at radius 3 is 2.34 bits per heavy atom. The number of thiocarbonyl (C=S) groups is 1. The Hall–Kier alpha value is -2.56. The first-order valence-corrected chi connectivity index (χ1v) is 11.1. The summed E-state index contributed by atoms with van der Waals surface area (Å²) in [6.07, 6.45) is 0.241. The number of primary sulfonamides is 1. The third-order valence-corrected chi connectivity index (χ3v) is 6.30. The van der Waals surface area contributed by atoms with E-state index in [4.69, 9.17) is 23.1 Å². The zero-order valence-electron chi connectivity index (χ0n) is 16.1. The van der Waals surface area contributed by atoms with Crippen molar-refractivity contribution in [3.8, 4) is 0 Å². The standard InChI is InChI=1S/C19H22N4O4S2/c1-19(2)17(25)23(18(28)22(19)10-5-11-29(21,26)27)15-9-8-14(16(20)24)12-6-3-4-7-13(12)15/h3-4,6-9H,5,10-11H2,1-2H3,(H2,20,24)(H2,21,26,27). The third kappa shape index (κ3) is 3.83. The molecule has 154 valence electrons. The van der Waals surface area contributed by atoms with Gasteiger partial charge in [0, 0.05) is 17.5 Å². The van der Waals surface area contributed by atoms with Crippen molar-refractivity contribution in [2.75, 3.05) is 17.2 Å². The van der Waals surface area contributed by atoms with Crippen LogP contribution in [0.15, 0.2) is 36.4 Å². The molecule has 0 saturated carbocycles. The molecule has 1 heterocycles. The third-order valence-electron chi connectivity index (χ3n) is 5.04. The van der Waals surface area contributed by atoms with Gasteiger partial charge < -0.3 is 10.6 Å². The molecule has 1 saturated heterocycles. The topological polar surface area (TPSA) is 127 Å². The molecule has 0 spiro atoms. The zero-order valence-corrected chi connectivity index (χ0v) is 17.7. The Labute approximate surface area is 174 Å². The van der Waals surface area contributed by atoms with Crippen LogP contribution in [-0.2, 0) is 14.8 Å². The molecule has 2 aromatic carbocycles. The van der Waals surface area contributed by atoms with Gasteiger partial charge in [-0.25, -0.2) is 13.6 Å². The maximum Gasteiger partial charge on any atom is 0.258 e. The highest BCUT2D eigenvalue weighted by atomic mass is 32.2. The quantitative estimate of drug-likeness (QED) is 0.661. The molecule has 0 bridgehead atoms. The number of hydrogen-bond acceptors (Lipinski definition) is 5. The van der Waals surface area contributed by atoms with Crippen molar-refractivity contribution in [2.45, 2.75) is 25.8 Å². The van der Waals surface area contributed by atoms with Gasteiger partial charge >= 0.3 is 0 Å². The summed E-state index contributed by atoms with van der Waals surface area (Å²) in [6, 6.07) is 10.4. The number of amides is 2. The van der Waals surface area contributed by atoms with E-state index in [1.165, 1.54) is 4.90 Å². The van der Waals surface area contributed by atoms with Crippen molar-refractivity contribution < 1.29 is 18.0 Å². The Balaban J connectivity index is 2.04. The summed E-state index contributed by atoms with van der Waals surface area (Å²) < 4.78 is 22.5. The van der Waals surface area contributed by atoms with Crippen LogP contribution < -0.4 is 15.8 Å². The van der Waals surface area contributed by atoms with Crippen LogP contribution in [0.25, 0.3) is 10.8 Å². The van der Waals surface area contributed by atoms with Crippen LogP contribution in [0.4, 0.5) is 5.69 Å². The molecule has 2 amide bonds. The highest BCUT2D eigenvalue weighted by Gasteiger charge is 2.49. The number of nitrogens with zero attached hydrogens (tertiary/aromatic N) is 2. The van der Waals surface area contributed by atoms with E-state index in [9.17, 15) is 18.0 Å². The molecule has 0 radical (unpaired) electrons. The molecule has 1 aliphatic heterocycles. The lowest BCUT2D eigenvalue weighted by Gasteiger charge is -2.29. The van der Waals surface area contributed by atoms with E-state index in [1.807, 2.05) is 0 Å². The number of hydrogen-bond donors (Lipinski definition) is 2. The molecular weight excluding hydrogens is 412 g/mol. The van der Waals surface area contributed by atoms with Gasteiger partial charge in [-0.3, -0.25) is 14.5 Å². The largest absolute Gasteiger partial charge is 0.366 e. The predicted octanol–water partition coefficient (Wildman–Crippen LogP) is 1.33. The van der Waals surface area contributed by atoms with E-state index in [1.54, 1.807) is 55.1 Å². The first kappa shape index (κ1) is 21.2. The maximum absolute atomic E-state index is 13.2. The molecule has 4 N–H and O–H groups in total. The summed E-state index contributed by atoms with van der Waals surface area (Å²) in [7, 11) is -3.60. The Morgan fingerprint density at radius 1 is 1.14 bits per heavy atom. The smallest absolute Gasteiger partial charge is 0.258 e. The second-order valence-electron chi connectivity index (χ2n) is 7.40. The van der Waals surface area contributed by atoms with Crippen molar-refractivity contribution >= 4 is 55.6 Å². The lowest BCUT2D eigenvalue weighted by atomic mass is 10.0. The number of rotatable bonds is 6. The molecular formula is C19H22N4O4S2. The van der Waals surface area contributed by atoms with Gasteiger partial charge in [0.25, 0.3) is 5.91 Å². The summed E-state index contributed by atoms with van der Waals surface area (Å²) in [5.74, 6) is -1.00. The summed E-state index contributed by atoms with van der Waals surface area (Å²) in [5.41, 5.74) is 5.42. The average Bonchev–Trinajstić information content (AvgIpc) is 2.79. The van der Waals surface area contributed by atoms with E-state index >= 15 is 0 Å². The Kier molecular flexibility index (Phi) is 5.37. The van der Waals surface area contributed by atoms with E-state index in [-0.39, 0.29) is 29.7 Å². The molecule has 1 aliphatic rings. The van der Waals surface area contributed by atoms with E-state index in [2.05, 4.69) is 0 Å². The molecule has 3 rings (SSSR count). The summed E-state index contributed by atoms with van der Waals surface area (Å²) in [4.78, 5) is 28.1. The minimum absolute atomic E-state index is 0.202. The van der Waals surface area contributed by atoms with Gasteiger partial charge in [-0.15, -0.1) is 0 Å². The lowest BCUT2D eigenvalue weighted by molar-refractivity contribution is -0.123. The SMILES string of the molecule is CC1(C)C(=O)N(c2ccc(C(N)=O)c3ccccc23)C(=S)N1CCCS(N)(=O)=O. The van der Waals surface area contributed by atoms with Gasteiger partial charge in [-0.2, -0.15) is 0 Å². The zero-order chi connectivity index (χ0) is 21.6. The van der Waals surface area contributed by atoms with Crippen LogP contribution >= 0.6 is 12.2 Å². The molecule has 0 unspecified atom stereocenters. The molecule has 29 heavy (non-hydrogen) atoms. The first-order chi connectivity index (χ1) is 13.4. The number of benzene rings is 2. The van der Waals surface area contributed by atoms with E-state index in [0.29, 0.717) is 22.0 Å². The fourth-order valence-electron chi connectivity index (χ4n) is 3.54. The summed E-state index contributed by atoms with van der Waals surface area (Å²) >= 11 is 5.58. The number of carbonyl (C=O) groups excluding carboxylic acids is 2. The van der Waals surface area contributed by atoms with Crippen LogP contribution in [0.5, 0.6) is 0 Å². The molecule has 10 heteroatoms. The molecule has 1 fully saturated rings. The number of primary amides is 1. The van der Waals surface area contributed by atoms with Crippen LogP contribution in [0.3, 0.4) is 0 Å². The molecule has 2 aromatic rings. The van der Waals surface area contributed by atoms with Crippen molar-refractivity contribution in [3.63, 3.8) is 0 Å². The monoisotopic (exact) mass is 434 g/mol. The minimum atomic E-state index is -3.60. The van der Waals surface area contributed by atoms with Crippen LogP contribution in [-0.4, -0.2) is 48.1 Å². The number of nitrogens with two attached hydrogens (primary N) is 2. The van der Waals surface area contributed by atoms with Gasteiger partial charge in [-0.05, 0) is 50.0 Å². The number of carbonyl (C=O) groups is 2. The van der Waals surface area contributed by atoms with Gasteiger partial charge in [0.2, 0.25) is 15.9 Å².